The van der Waals surface area contributed by atoms with Crippen LogP contribution in [0.4, 0.5) is 5.69 Å². The van der Waals surface area contributed by atoms with Crippen LogP contribution >= 0.6 is 34.8 Å². The number of rotatable bonds is 7. The van der Waals surface area contributed by atoms with Crippen molar-refractivity contribution in [2.45, 2.75) is 20.1 Å². The fraction of sp³-hybridized carbons (Fsp3) is 0.182. The molecule has 0 aliphatic rings. The van der Waals surface area contributed by atoms with Gasteiger partial charge in [0, 0.05) is 23.3 Å². The Bertz CT molecular complexity index is 959. The van der Waals surface area contributed by atoms with Gasteiger partial charge in [-0.15, -0.1) is 0 Å². The summed E-state index contributed by atoms with van der Waals surface area (Å²) in [6.45, 7) is 3.00. The van der Waals surface area contributed by atoms with Crippen LogP contribution in [0.15, 0.2) is 54.6 Å². The van der Waals surface area contributed by atoms with Gasteiger partial charge >= 0.3 is 0 Å². The van der Waals surface area contributed by atoms with Gasteiger partial charge in [-0.3, -0.25) is 0 Å². The number of aryl methyl sites for hydroxylation is 1. The smallest absolute Gasteiger partial charge is 0.163 e. The van der Waals surface area contributed by atoms with Gasteiger partial charge in [-0.25, -0.2) is 0 Å². The second-order valence-electron chi connectivity index (χ2n) is 6.35. The molecular formula is C22H20Cl3NO2. The number of halogens is 3. The molecule has 0 aromatic heterocycles. The molecule has 146 valence electrons. The van der Waals surface area contributed by atoms with Gasteiger partial charge in [0.25, 0.3) is 0 Å². The van der Waals surface area contributed by atoms with Gasteiger partial charge < -0.3 is 14.8 Å². The number of methoxy groups -OCH3 is 1. The largest absolute Gasteiger partial charge is 0.493 e. The Hall–Kier alpha value is -2.07. The molecule has 0 saturated carbocycles. The minimum absolute atomic E-state index is 0.438. The third kappa shape index (κ3) is 5.26. The predicted molar refractivity (Wildman–Crippen MR) is 117 cm³/mol. The normalized spacial score (nSPS) is 10.6. The highest BCUT2D eigenvalue weighted by Crippen LogP contribution is 2.34. The van der Waals surface area contributed by atoms with Crippen LogP contribution in [0.1, 0.15) is 16.7 Å². The van der Waals surface area contributed by atoms with Gasteiger partial charge in [-0.2, -0.15) is 0 Å². The number of benzene rings is 3. The highest BCUT2D eigenvalue weighted by Gasteiger charge is 2.11. The van der Waals surface area contributed by atoms with Crippen molar-refractivity contribution in [2.24, 2.45) is 0 Å². The van der Waals surface area contributed by atoms with Crippen LogP contribution in [0, 0.1) is 6.92 Å². The maximum atomic E-state index is 6.46. The molecule has 0 spiro atoms. The van der Waals surface area contributed by atoms with E-state index in [-0.39, 0.29) is 0 Å². The molecule has 0 aliphatic heterocycles. The van der Waals surface area contributed by atoms with Crippen molar-refractivity contribution in [3.63, 3.8) is 0 Å². The van der Waals surface area contributed by atoms with Gasteiger partial charge in [-0.05, 0) is 42.3 Å². The molecule has 0 aliphatic carbocycles. The first-order valence-corrected chi connectivity index (χ1v) is 9.83. The van der Waals surface area contributed by atoms with Crippen LogP contribution in [0.5, 0.6) is 11.5 Å². The molecule has 0 amide bonds. The number of nitrogens with one attached hydrogen (secondary N) is 1. The Morgan fingerprint density at radius 3 is 2.25 bits per heavy atom. The zero-order chi connectivity index (χ0) is 20.1. The molecule has 0 saturated heterocycles. The minimum atomic E-state index is 0.438. The first kappa shape index (κ1) is 20.7. The van der Waals surface area contributed by atoms with Gasteiger partial charge in [0.05, 0.1) is 17.2 Å². The predicted octanol–water partition coefficient (Wildman–Crippen LogP) is 7.15. The number of hydrogen-bond donors (Lipinski definition) is 1. The second kappa shape index (κ2) is 9.42. The maximum Gasteiger partial charge on any atom is 0.163 e. The van der Waals surface area contributed by atoms with E-state index in [2.05, 4.69) is 24.4 Å². The van der Waals surface area contributed by atoms with Crippen molar-refractivity contribution in [3.05, 3.63) is 86.4 Å². The lowest BCUT2D eigenvalue weighted by molar-refractivity contribution is 0.284. The van der Waals surface area contributed by atoms with E-state index in [9.17, 15) is 0 Å². The summed E-state index contributed by atoms with van der Waals surface area (Å²) in [5.74, 6) is 1.23. The molecule has 28 heavy (non-hydrogen) atoms. The Kier molecular flexibility index (Phi) is 6.95. The van der Waals surface area contributed by atoms with Crippen LogP contribution in [0.2, 0.25) is 15.1 Å². The van der Waals surface area contributed by atoms with Gasteiger partial charge in [0.1, 0.15) is 6.61 Å². The summed E-state index contributed by atoms with van der Waals surface area (Å²) in [5.41, 5.74) is 4.02. The summed E-state index contributed by atoms with van der Waals surface area (Å²) in [7, 11) is 1.61. The minimum Gasteiger partial charge on any atom is -0.493 e. The van der Waals surface area contributed by atoms with E-state index in [4.69, 9.17) is 44.3 Å². The van der Waals surface area contributed by atoms with E-state index in [1.165, 1.54) is 5.56 Å². The molecule has 3 nitrogen and oxygen atoms in total. The Labute approximate surface area is 180 Å². The Balaban J connectivity index is 1.71. The fourth-order valence-electron chi connectivity index (χ4n) is 2.63. The van der Waals surface area contributed by atoms with Gasteiger partial charge in [0.2, 0.25) is 0 Å². The lowest BCUT2D eigenvalue weighted by Gasteiger charge is -2.15. The van der Waals surface area contributed by atoms with Crippen LogP contribution in [-0.4, -0.2) is 7.11 Å². The maximum absolute atomic E-state index is 6.46. The molecule has 0 radical (unpaired) electrons. The van der Waals surface area contributed by atoms with E-state index in [0.717, 1.165) is 16.8 Å². The summed E-state index contributed by atoms with van der Waals surface area (Å²) in [4.78, 5) is 0. The zero-order valence-corrected chi connectivity index (χ0v) is 17.8. The van der Waals surface area contributed by atoms with E-state index < -0.39 is 0 Å². The summed E-state index contributed by atoms with van der Waals surface area (Å²) < 4.78 is 11.4. The summed E-state index contributed by atoms with van der Waals surface area (Å²) >= 11 is 18.5. The first-order chi connectivity index (χ1) is 13.5. The van der Waals surface area contributed by atoms with Crippen molar-refractivity contribution in [2.75, 3.05) is 12.4 Å². The van der Waals surface area contributed by atoms with Crippen molar-refractivity contribution in [3.8, 4) is 11.5 Å². The lowest BCUT2D eigenvalue weighted by Crippen LogP contribution is -2.03. The first-order valence-electron chi connectivity index (χ1n) is 8.70. The van der Waals surface area contributed by atoms with Crippen LogP contribution in [-0.2, 0) is 13.2 Å². The summed E-state index contributed by atoms with van der Waals surface area (Å²) in [6.07, 6.45) is 0. The molecule has 3 rings (SSSR count). The summed E-state index contributed by atoms with van der Waals surface area (Å²) in [5, 5.41) is 4.88. The second-order valence-corrected chi connectivity index (χ2v) is 7.57. The standard InChI is InChI=1S/C22H20Cl3NO2/c1-14-3-5-15(6-4-14)13-28-22-11-19(24)16(9-21(22)27-2)12-26-17-7-8-18(23)20(25)10-17/h3-11,26H,12-13H2,1-2H3. The topological polar surface area (TPSA) is 30.5 Å². The van der Waals surface area contributed by atoms with Crippen molar-refractivity contribution in [1.82, 2.24) is 0 Å². The van der Waals surface area contributed by atoms with Gasteiger partial charge in [-0.1, -0.05) is 64.6 Å². The SMILES string of the molecule is COc1cc(CNc2ccc(Cl)c(Cl)c2)c(Cl)cc1OCc1ccc(C)cc1. The fourth-order valence-corrected chi connectivity index (χ4v) is 3.15. The van der Waals surface area contributed by atoms with E-state index in [1.54, 1.807) is 25.3 Å². The van der Waals surface area contributed by atoms with Crippen molar-refractivity contribution < 1.29 is 9.47 Å². The number of hydrogen-bond acceptors (Lipinski definition) is 3. The van der Waals surface area contributed by atoms with Crippen LogP contribution in [0.25, 0.3) is 0 Å². The Morgan fingerprint density at radius 2 is 1.57 bits per heavy atom. The zero-order valence-electron chi connectivity index (χ0n) is 15.6. The van der Waals surface area contributed by atoms with Crippen molar-refractivity contribution >= 4 is 40.5 Å². The number of ether oxygens (including phenoxy) is 2. The summed E-state index contributed by atoms with van der Waals surface area (Å²) in [6, 6.07) is 17.2. The van der Waals surface area contributed by atoms with E-state index in [1.807, 2.05) is 24.3 Å². The third-order valence-electron chi connectivity index (χ3n) is 4.25. The molecule has 0 heterocycles. The number of anilines is 1. The molecule has 0 atom stereocenters. The Morgan fingerprint density at radius 1 is 0.821 bits per heavy atom. The van der Waals surface area contributed by atoms with Crippen LogP contribution < -0.4 is 14.8 Å². The van der Waals surface area contributed by atoms with E-state index >= 15 is 0 Å². The van der Waals surface area contributed by atoms with Crippen LogP contribution in [0.3, 0.4) is 0 Å². The molecule has 0 bridgehead atoms. The average Bonchev–Trinajstić information content (AvgIpc) is 2.69. The van der Waals surface area contributed by atoms with Crippen molar-refractivity contribution in [1.29, 1.82) is 0 Å². The molecule has 6 heteroatoms. The molecule has 1 N–H and O–H groups in total. The highest BCUT2D eigenvalue weighted by atomic mass is 35.5. The molecular weight excluding hydrogens is 417 g/mol. The van der Waals surface area contributed by atoms with Gasteiger partial charge in [0.15, 0.2) is 11.5 Å². The molecule has 0 unspecified atom stereocenters. The highest BCUT2D eigenvalue weighted by molar-refractivity contribution is 6.42. The quantitative estimate of drug-likeness (QED) is 0.426. The average molecular weight is 437 g/mol. The lowest BCUT2D eigenvalue weighted by atomic mass is 10.1. The molecule has 3 aromatic rings. The third-order valence-corrected chi connectivity index (χ3v) is 5.34. The van der Waals surface area contributed by atoms with E-state index in [0.29, 0.717) is 39.7 Å². The molecule has 0 fully saturated rings. The monoisotopic (exact) mass is 435 g/mol. The molecule has 3 aromatic carbocycles.